The summed E-state index contributed by atoms with van der Waals surface area (Å²) in [6, 6.07) is 12.8. The Morgan fingerprint density at radius 3 is 2.38 bits per heavy atom. The quantitative estimate of drug-likeness (QED) is 0.692. The summed E-state index contributed by atoms with van der Waals surface area (Å²) in [4.78, 5) is 11.7. The SMILES string of the molecule is O=C(O)C1=C(c2ccccc2)c2cc(I)ccc2OC1C(F)(F)F. The van der Waals surface area contributed by atoms with Crippen LogP contribution in [-0.2, 0) is 4.79 Å². The van der Waals surface area contributed by atoms with Gasteiger partial charge in [-0.2, -0.15) is 13.2 Å². The number of rotatable bonds is 2. The molecule has 0 saturated carbocycles. The van der Waals surface area contributed by atoms with E-state index in [1.165, 1.54) is 6.07 Å². The van der Waals surface area contributed by atoms with E-state index in [4.69, 9.17) is 4.74 Å². The van der Waals surface area contributed by atoms with E-state index in [1.807, 2.05) is 22.6 Å². The first kappa shape index (κ1) is 16.8. The van der Waals surface area contributed by atoms with Crippen LogP contribution in [0.3, 0.4) is 0 Å². The van der Waals surface area contributed by atoms with Crippen LogP contribution in [0.15, 0.2) is 54.1 Å². The van der Waals surface area contributed by atoms with Gasteiger partial charge >= 0.3 is 12.1 Å². The van der Waals surface area contributed by atoms with Crippen LogP contribution in [0.25, 0.3) is 5.57 Å². The lowest BCUT2D eigenvalue weighted by Crippen LogP contribution is -2.41. The van der Waals surface area contributed by atoms with E-state index in [1.54, 1.807) is 42.5 Å². The number of alkyl halides is 3. The summed E-state index contributed by atoms with van der Waals surface area (Å²) < 4.78 is 45.9. The van der Waals surface area contributed by atoms with Crippen LogP contribution in [0.1, 0.15) is 11.1 Å². The standard InChI is InChI=1S/C17H10F3IO3/c18-17(19,20)15-14(16(22)23)13(9-4-2-1-3-5-9)11-8-10(21)6-7-12(11)24-15/h1-8,15H,(H,22,23). The van der Waals surface area contributed by atoms with Gasteiger partial charge in [-0.05, 0) is 46.4 Å². The summed E-state index contributed by atoms with van der Waals surface area (Å²) in [6.07, 6.45) is -7.35. The molecule has 1 aliphatic heterocycles. The van der Waals surface area contributed by atoms with Crippen molar-refractivity contribution in [2.24, 2.45) is 0 Å². The lowest BCUT2D eigenvalue weighted by Gasteiger charge is -2.31. The molecule has 1 aliphatic rings. The first-order valence-electron chi connectivity index (χ1n) is 6.85. The fourth-order valence-electron chi connectivity index (χ4n) is 2.63. The molecule has 1 unspecified atom stereocenters. The zero-order chi connectivity index (χ0) is 17.5. The summed E-state index contributed by atoms with van der Waals surface area (Å²) in [5.41, 5.74) is -0.0323. The van der Waals surface area contributed by atoms with Crippen molar-refractivity contribution in [2.45, 2.75) is 12.3 Å². The van der Waals surface area contributed by atoms with E-state index in [0.29, 0.717) is 11.1 Å². The van der Waals surface area contributed by atoms with Crippen molar-refractivity contribution < 1.29 is 27.8 Å². The minimum absolute atomic E-state index is 0.0154. The van der Waals surface area contributed by atoms with Crippen LogP contribution in [0.2, 0.25) is 0 Å². The number of hydrogen-bond donors (Lipinski definition) is 1. The average Bonchev–Trinajstić information content (AvgIpc) is 2.52. The monoisotopic (exact) mass is 446 g/mol. The van der Waals surface area contributed by atoms with Gasteiger partial charge in [0.2, 0.25) is 6.10 Å². The molecule has 1 atom stereocenters. The van der Waals surface area contributed by atoms with Gasteiger partial charge in [0.05, 0.1) is 5.57 Å². The maximum Gasteiger partial charge on any atom is 0.430 e. The fourth-order valence-corrected chi connectivity index (χ4v) is 3.12. The number of benzene rings is 2. The largest absolute Gasteiger partial charge is 0.478 e. The van der Waals surface area contributed by atoms with Crippen LogP contribution in [0.4, 0.5) is 13.2 Å². The number of carboxylic acid groups (broad SMARTS) is 1. The number of aliphatic carboxylic acids is 1. The van der Waals surface area contributed by atoms with Crippen molar-refractivity contribution in [1.29, 1.82) is 0 Å². The van der Waals surface area contributed by atoms with Gasteiger partial charge in [0.25, 0.3) is 0 Å². The van der Waals surface area contributed by atoms with Crippen molar-refractivity contribution in [3.8, 4) is 5.75 Å². The molecule has 0 amide bonds. The van der Waals surface area contributed by atoms with Gasteiger partial charge in [-0.15, -0.1) is 0 Å². The van der Waals surface area contributed by atoms with E-state index < -0.39 is 23.8 Å². The van der Waals surface area contributed by atoms with Gasteiger partial charge in [-0.3, -0.25) is 0 Å². The lowest BCUT2D eigenvalue weighted by atomic mass is 9.87. The zero-order valence-corrected chi connectivity index (χ0v) is 14.1. The molecule has 2 aromatic carbocycles. The summed E-state index contributed by atoms with van der Waals surface area (Å²) in [7, 11) is 0. The number of hydrogen-bond acceptors (Lipinski definition) is 2. The Hall–Kier alpha value is -2.03. The minimum atomic E-state index is -4.84. The Morgan fingerprint density at radius 2 is 1.79 bits per heavy atom. The first-order valence-corrected chi connectivity index (χ1v) is 7.93. The highest BCUT2D eigenvalue weighted by Crippen LogP contribution is 2.44. The molecule has 3 nitrogen and oxygen atoms in total. The zero-order valence-electron chi connectivity index (χ0n) is 12.0. The number of ether oxygens (including phenoxy) is 1. The van der Waals surface area contributed by atoms with E-state index in [-0.39, 0.29) is 11.3 Å². The second kappa shape index (κ2) is 6.12. The molecule has 0 radical (unpaired) electrons. The highest BCUT2D eigenvalue weighted by Gasteiger charge is 2.50. The Morgan fingerprint density at radius 1 is 1.12 bits per heavy atom. The summed E-state index contributed by atoms with van der Waals surface area (Å²) in [6.45, 7) is 0. The molecular formula is C17H10F3IO3. The molecule has 0 spiro atoms. The molecule has 0 bridgehead atoms. The van der Waals surface area contributed by atoms with Crippen LogP contribution < -0.4 is 4.74 Å². The molecule has 2 aromatic rings. The third-order valence-corrected chi connectivity index (χ3v) is 4.25. The Labute approximate surface area is 148 Å². The van der Waals surface area contributed by atoms with Crippen LogP contribution in [0, 0.1) is 3.57 Å². The van der Waals surface area contributed by atoms with Crippen molar-refractivity contribution >= 4 is 34.1 Å². The third kappa shape index (κ3) is 3.00. The Bertz CT molecular complexity index is 829. The number of carbonyl (C=O) groups is 1. The van der Waals surface area contributed by atoms with Gasteiger partial charge < -0.3 is 9.84 Å². The lowest BCUT2D eigenvalue weighted by molar-refractivity contribution is -0.187. The van der Waals surface area contributed by atoms with Crippen LogP contribution in [-0.4, -0.2) is 23.4 Å². The van der Waals surface area contributed by atoms with E-state index >= 15 is 0 Å². The van der Waals surface area contributed by atoms with Crippen molar-refractivity contribution in [2.75, 3.05) is 0 Å². The molecule has 0 fully saturated rings. The van der Waals surface area contributed by atoms with E-state index in [0.717, 1.165) is 3.57 Å². The second-order valence-electron chi connectivity index (χ2n) is 5.14. The number of carboxylic acids is 1. The molecule has 24 heavy (non-hydrogen) atoms. The molecule has 0 aromatic heterocycles. The molecular weight excluding hydrogens is 436 g/mol. The predicted molar refractivity (Wildman–Crippen MR) is 89.7 cm³/mol. The average molecular weight is 446 g/mol. The Kier molecular flexibility index (Phi) is 4.29. The smallest absolute Gasteiger partial charge is 0.430 e. The molecule has 0 saturated heterocycles. The fraction of sp³-hybridized carbons (Fsp3) is 0.118. The predicted octanol–water partition coefficient (Wildman–Crippen LogP) is 4.50. The third-order valence-electron chi connectivity index (χ3n) is 3.58. The first-order chi connectivity index (χ1) is 11.3. The summed E-state index contributed by atoms with van der Waals surface area (Å²) in [5.74, 6) is -1.64. The molecule has 0 aliphatic carbocycles. The van der Waals surface area contributed by atoms with E-state index in [9.17, 15) is 23.1 Å². The maximum atomic E-state index is 13.4. The molecule has 7 heteroatoms. The second-order valence-corrected chi connectivity index (χ2v) is 6.39. The highest BCUT2D eigenvalue weighted by molar-refractivity contribution is 14.1. The summed E-state index contributed by atoms with van der Waals surface area (Å²) >= 11 is 2.01. The minimum Gasteiger partial charge on any atom is -0.478 e. The molecule has 124 valence electrons. The van der Waals surface area contributed by atoms with Gasteiger partial charge in [-0.1, -0.05) is 30.3 Å². The van der Waals surface area contributed by atoms with Crippen LogP contribution >= 0.6 is 22.6 Å². The topological polar surface area (TPSA) is 46.5 Å². The normalized spacial score (nSPS) is 17.2. The van der Waals surface area contributed by atoms with Gasteiger partial charge in [0.15, 0.2) is 0 Å². The molecule has 3 rings (SSSR count). The maximum absolute atomic E-state index is 13.4. The number of halogens is 4. The molecule has 1 heterocycles. The molecule has 1 N–H and O–H groups in total. The highest BCUT2D eigenvalue weighted by atomic mass is 127. The van der Waals surface area contributed by atoms with Gasteiger partial charge in [0.1, 0.15) is 5.75 Å². The van der Waals surface area contributed by atoms with E-state index in [2.05, 4.69) is 0 Å². The van der Waals surface area contributed by atoms with Crippen molar-refractivity contribution in [3.05, 3.63) is 68.8 Å². The summed E-state index contributed by atoms with van der Waals surface area (Å²) in [5, 5.41) is 9.46. The van der Waals surface area contributed by atoms with Crippen molar-refractivity contribution in [1.82, 2.24) is 0 Å². The number of fused-ring (bicyclic) bond motifs is 1. The Balaban J connectivity index is 2.37. The van der Waals surface area contributed by atoms with Crippen LogP contribution in [0.5, 0.6) is 5.75 Å². The van der Waals surface area contributed by atoms with Gasteiger partial charge in [-0.25, -0.2) is 4.79 Å². The van der Waals surface area contributed by atoms with Crippen molar-refractivity contribution in [3.63, 3.8) is 0 Å². The van der Waals surface area contributed by atoms with Gasteiger partial charge in [0, 0.05) is 14.7 Å².